The number of hydrogen-bond donors (Lipinski definition) is 1. The van der Waals surface area contributed by atoms with E-state index < -0.39 is 12.6 Å². The average molecular weight is 277 g/mol. The molecule has 0 saturated carbocycles. The van der Waals surface area contributed by atoms with E-state index in [4.69, 9.17) is 0 Å². The molecule has 0 saturated heterocycles. The van der Waals surface area contributed by atoms with E-state index in [1.54, 1.807) is 10.9 Å². The molecule has 0 radical (unpaired) electrons. The van der Waals surface area contributed by atoms with E-state index in [1.165, 1.54) is 0 Å². The van der Waals surface area contributed by atoms with Crippen molar-refractivity contribution in [2.45, 2.75) is 51.2 Å². The predicted octanol–water partition coefficient (Wildman–Crippen LogP) is 3.06. The average Bonchev–Trinajstić information content (AvgIpc) is 2.73. The fourth-order valence-electron chi connectivity index (χ4n) is 2.00. The highest BCUT2D eigenvalue weighted by Crippen LogP contribution is 2.23. The van der Waals surface area contributed by atoms with Crippen LogP contribution in [0, 0.1) is 0 Å². The van der Waals surface area contributed by atoms with Gasteiger partial charge in [0.2, 0.25) is 0 Å². The van der Waals surface area contributed by atoms with Gasteiger partial charge in [-0.1, -0.05) is 6.92 Å². The van der Waals surface area contributed by atoms with Gasteiger partial charge in [0.05, 0.1) is 0 Å². The summed E-state index contributed by atoms with van der Waals surface area (Å²) in [6.07, 6.45) is -0.571. The van der Waals surface area contributed by atoms with Crippen LogP contribution in [-0.2, 0) is 13.5 Å². The lowest BCUT2D eigenvalue weighted by molar-refractivity contribution is -0.136. The summed E-state index contributed by atoms with van der Waals surface area (Å²) >= 11 is 0. The molecule has 1 aromatic rings. The molecule has 0 aliphatic carbocycles. The molecule has 6 heteroatoms. The Morgan fingerprint density at radius 1 is 1.37 bits per heavy atom. The summed E-state index contributed by atoms with van der Waals surface area (Å²) in [5.74, 6) is 0. The van der Waals surface area contributed by atoms with Crippen molar-refractivity contribution in [2.24, 2.45) is 7.05 Å². The Morgan fingerprint density at radius 2 is 2.11 bits per heavy atom. The molecule has 0 aliphatic heterocycles. The topological polar surface area (TPSA) is 29.9 Å². The van der Waals surface area contributed by atoms with Gasteiger partial charge in [-0.25, -0.2) is 0 Å². The van der Waals surface area contributed by atoms with E-state index in [1.807, 2.05) is 20.0 Å². The highest BCUT2D eigenvalue weighted by atomic mass is 19.4. The molecule has 1 atom stereocenters. The predicted molar refractivity (Wildman–Crippen MR) is 68.9 cm³/mol. The Hall–Kier alpha value is -1.04. The molecule has 1 rings (SSSR count). The SMILES string of the molecule is CCCNC(CCc1ccnn1C)CCC(F)(F)F. The van der Waals surface area contributed by atoms with Crippen LogP contribution >= 0.6 is 0 Å². The lowest BCUT2D eigenvalue weighted by Crippen LogP contribution is -2.31. The molecular weight excluding hydrogens is 255 g/mol. The second-order valence-corrected chi connectivity index (χ2v) is 4.79. The summed E-state index contributed by atoms with van der Waals surface area (Å²) in [6.45, 7) is 2.77. The smallest absolute Gasteiger partial charge is 0.314 e. The second-order valence-electron chi connectivity index (χ2n) is 4.79. The van der Waals surface area contributed by atoms with Crippen LogP contribution < -0.4 is 5.32 Å². The molecule has 0 fully saturated rings. The van der Waals surface area contributed by atoms with E-state index in [-0.39, 0.29) is 12.5 Å². The largest absolute Gasteiger partial charge is 0.389 e. The van der Waals surface area contributed by atoms with Crippen molar-refractivity contribution < 1.29 is 13.2 Å². The number of rotatable bonds is 8. The van der Waals surface area contributed by atoms with Crippen molar-refractivity contribution in [1.82, 2.24) is 15.1 Å². The Morgan fingerprint density at radius 3 is 2.63 bits per heavy atom. The number of aromatic nitrogens is 2. The second kappa shape index (κ2) is 7.53. The van der Waals surface area contributed by atoms with Crippen LogP contribution in [0.15, 0.2) is 12.3 Å². The minimum absolute atomic E-state index is 0.0866. The number of aryl methyl sites for hydroxylation is 2. The number of hydrogen-bond acceptors (Lipinski definition) is 2. The van der Waals surface area contributed by atoms with Crippen molar-refractivity contribution in [1.29, 1.82) is 0 Å². The Labute approximate surface area is 112 Å². The van der Waals surface area contributed by atoms with Gasteiger partial charge in [0.15, 0.2) is 0 Å². The molecule has 0 amide bonds. The summed E-state index contributed by atoms with van der Waals surface area (Å²) in [4.78, 5) is 0. The standard InChI is InChI=1S/C13H22F3N3/c1-3-9-17-11(6-8-13(14,15)16)4-5-12-7-10-18-19(12)2/h7,10-11,17H,3-6,8-9H2,1-2H3. The number of alkyl halides is 3. The third-order valence-corrected chi connectivity index (χ3v) is 3.13. The minimum Gasteiger partial charge on any atom is -0.314 e. The zero-order valence-electron chi connectivity index (χ0n) is 11.5. The minimum atomic E-state index is -4.07. The highest BCUT2D eigenvalue weighted by molar-refractivity contribution is 5.00. The molecule has 0 bridgehead atoms. The third-order valence-electron chi connectivity index (χ3n) is 3.13. The quantitative estimate of drug-likeness (QED) is 0.791. The normalized spacial score (nSPS) is 13.7. The maximum absolute atomic E-state index is 12.3. The van der Waals surface area contributed by atoms with Crippen LogP contribution in [0.3, 0.4) is 0 Å². The van der Waals surface area contributed by atoms with E-state index in [2.05, 4.69) is 10.4 Å². The molecule has 1 aromatic heterocycles. The van der Waals surface area contributed by atoms with Crippen molar-refractivity contribution >= 4 is 0 Å². The fraction of sp³-hybridized carbons (Fsp3) is 0.769. The van der Waals surface area contributed by atoms with Gasteiger partial charge in [0.1, 0.15) is 0 Å². The molecule has 1 heterocycles. The van der Waals surface area contributed by atoms with E-state index in [0.717, 1.165) is 25.1 Å². The van der Waals surface area contributed by atoms with Crippen LogP contribution in [-0.4, -0.2) is 28.5 Å². The Kier molecular flexibility index (Phi) is 6.34. The lowest BCUT2D eigenvalue weighted by Gasteiger charge is -2.19. The monoisotopic (exact) mass is 277 g/mol. The van der Waals surface area contributed by atoms with Crippen LogP contribution in [0.2, 0.25) is 0 Å². The Balaban J connectivity index is 2.42. The molecule has 110 valence electrons. The molecule has 1 N–H and O–H groups in total. The molecule has 19 heavy (non-hydrogen) atoms. The van der Waals surface area contributed by atoms with Crippen LogP contribution in [0.5, 0.6) is 0 Å². The fourth-order valence-corrected chi connectivity index (χ4v) is 2.00. The molecule has 1 unspecified atom stereocenters. The first kappa shape index (κ1) is 16.0. The first-order valence-electron chi connectivity index (χ1n) is 6.69. The lowest BCUT2D eigenvalue weighted by atomic mass is 10.0. The Bertz CT molecular complexity index is 360. The van der Waals surface area contributed by atoms with Crippen molar-refractivity contribution in [3.05, 3.63) is 18.0 Å². The van der Waals surface area contributed by atoms with Gasteiger partial charge in [-0.05, 0) is 38.3 Å². The van der Waals surface area contributed by atoms with Gasteiger partial charge >= 0.3 is 6.18 Å². The van der Waals surface area contributed by atoms with Gasteiger partial charge in [0, 0.05) is 31.4 Å². The zero-order chi connectivity index (χ0) is 14.3. The van der Waals surface area contributed by atoms with E-state index >= 15 is 0 Å². The third kappa shape index (κ3) is 6.61. The summed E-state index contributed by atoms with van der Waals surface area (Å²) in [5, 5.41) is 7.25. The molecule has 0 spiro atoms. The molecular formula is C13H22F3N3. The van der Waals surface area contributed by atoms with Gasteiger partial charge < -0.3 is 5.32 Å². The van der Waals surface area contributed by atoms with E-state index in [9.17, 15) is 13.2 Å². The number of nitrogens with zero attached hydrogens (tertiary/aromatic N) is 2. The highest BCUT2D eigenvalue weighted by Gasteiger charge is 2.28. The van der Waals surface area contributed by atoms with Gasteiger partial charge in [0.25, 0.3) is 0 Å². The molecule has 0 aromatic carbocycles. The number of nitrogens with one attached hydrogen (secondary N) is 1. The van der Waals surface area contributed by atoms with Crippen LogP contribution in [0.4, 0.5) is 13.2 Å². The van der Waals surface area contributed by atoms with Gasteiger partial charge in [-0.15, -0.1) is 0 Å². The molecule has 3 nitrogen and oxygen atoms in total. The first-order valence-corrected chi connectivity index (χ1v) is 6.69. The van der Waals surface area contributed by atoms with Crippen molar-refractivity contribution in [3.8, 4) is 0 Å². The maximum Gasteiger partial charge on any atom is 0.389 e. The van der Waals surface area contributed by atoms with Crippen LogP contribution in [0.25, 0.3) is 0 Å². The van der Waals surface area contributed by atoms with Crippen molar-refractivity contribution in [2.75, 3.05) is 6.54 Å². The van der Waals surface area contributed by atoms with Crippen molar-refractivity contribution in [3.63, 3.8) is 0 Å². The summed E-state index contributed by atoms with van der Waals surface area (Å²) in [7, 11) is 1.85. The number of halogens is 3. The maximum atomic E-state index is 12.3. The molecule has 0 aliphatic rings. The van der Waals surface area contributed by atoms with Crippen LogP contribution in [0.1, 0.15) is 38.3 Å². The van der Waals surface area contributed by atoms with E-state index in [0.29, 0.717) is 6.42 Å². The first-order chi connectivity index (χ1) is 8.92. The summed E-state index contributed by atoms with van der Waals surface area (Å²) in [6, 6.07) is 1.82. The van der Waals surface area contributed by atoms with Gasteiger partial charge in [-0.2, -0.15) is 18.3 Å². The van der Waals surface area contributed by atoms with Gasteiger partial charge in [-0.3, -0.25) is 4.68 Å². The zero-order valence-corrected chi connectivity index (χ0v) is 11.5. The summed E-state index contributed by atoms with van der Waals surface area (Å²) in [5.41, 5.74) is 1.05. The summed E-state index contributed by atoms with van der Waals surface area (Å²) < 4.78 is 38.6.